The molecular weight excluding hydrogens is 341 g/mol. The molecule has 6 heteroatoms. The first-order valence-corrected chi connectivity index (χ1v) is 7.94. The van der Waals surface area contributed by atoms with E-state index in [0.717, 1.165) is 23.4 Å². The molecule has 0 aliphatic carbocycles. The average Bonchev–Trinajstić information content (AvgIpc) is 2.89. The first-order chi connectivity index (χ1) is 12.3. The van der Waals surface area contributed by atoms with Crippen molar-refractivity contribution in [3.63, 3.8) is 0 Å². The van der Waals surface area contributed by atoms with Gasteiger partial charge in [-0.05, 0) is 35.9 Å². The molecular formula is C20H17F3N2O. The Hall–Kier alpha value is -3.02. The van der Waals surface area contributed by atoms with Crippen LogP contribution in [0.3, 0.4) is 0 Å². The molecule has 1 aliphatic rings. The molecule has 0 unspecified atom stereocenters. The van der Waals surface area contributed by atoms with Gasteiger partial charge in [-0.3, -0.25) is 4.79 Å². The predicted molar refractivity (Wildman–Crippen MR) is 97.9 cm³/mol. The summed E-state index contributed by atoms with van der Waals surface area (Å²) in [5, 5.41) is 2.48. The molecule has 0 fully saturated rings. The Labute approximate surface area is 149 Å². The van der Waals surface area contributed by atoms with Crippen molar-refractivity contribution in [3.8, 4) is 0 Å². The number of benzene rings is 2. The minimum atomic E-state index is -4.44. The van der Waals surface area contributed by atoms with Gasteiger partial charge in [0.25, 0.3) is 5.91 Å². The van der Waals surface area contributed by atoms with Gasteiger partial charge in [-0.25, -0.2) is 0 Å². The van der Waals surface area contributed by atoms with Crippen LogP contribution in [0.15, 0.2) is 54.6 Å². The molecule has 0 radical (unpaired) electrons. The van der Waals surface area contributed by atoms with Crippen LogP contribution in [-0.4, -0.2) is 20.0 Å². The molecule has 134 valence electrons. The smallest absolute Gasteiger partial charge is 0.378 e. The fourth-order valence-corrected chi connectivity index (χ4v) is 2.68. The third-order valence-electron chi connectivity index (χ3n) is 4.09. The van der Waals surface area contributed by atoms with Crippen molar-refractivity contribution in [2.24, 2.45) is 0 Å². The highest BCUT2D eigenvalue weighted by atomic mass is 19.4. The Kier molecular flexibility index (Phi) is 4.59. The minimum absolute atomic E-state index is 0.180. The molecule has 1 N–H and O–H groups in total. The number of anilines is 2. The summed E-state index contributed by atoms with van der Waals surface area (Å²) in [4.78, 5) is 14.0. The lowest BCUT2D eigenvalue weighted by molar-refractivity contribution is -0.137. The fourth-order valence-electron chi connectivity index (χ4n) is 2.68. The zero-order valence-electron chi connectivity index (χ0n) is 14.3. The van der Waals surface area contributed by atoms with Crippen molar-refractivity contribution in [3.05, 3.63) is 71.3 Å². The van der Waals surface area contributed by atoms with E-state index in [2.05, 4.69) is 5.32 Å². The van der Waals surface area contributed by atoms with Crippen molar-refractivity contribution >= 4 is 28.9 Å². The molecule has 26 heavy (non-hydrogen) atoms. The number of hydrogen-bond donors (Lipinski definition) is 1. The summed E-state index contributed by atoms with van der Waals surface area (Å²) in [5.74, 6) is -0.410. The third-order valence-corrected chi connectivity index (χ3v) is 4.09. The highest BCUT2D eigenvalue weighted by Gasteiger charge is 2.33. The molecule has 1 amide bonds. The number of nitrogens with one attached hydrogen (secondary N) is 1. The van der Waals surface area contributed by atoms with Gasteiger partial charge < -0.3 is 10.2 Å². The van der Waals surface area contributed by atoms with Gasteiger partial charge in [-0.15, -0.1) is 0 Å². The number of fused-ring (bicyclic) bond motifs is 1. The van der Waals surface area contributed by atoms with E-state index in [0.29, 0.717) is 11.1 Å². The number of halogens is 3. The van der Waals surface area contributed by atoms with E-state index >= 15 is 0 Å². The van der Waals surface area contributed by atoms with Gasteiger partial charge in [0.1, 0.15) is 0 Å². The highest BCUT2D eigenvalue weighted by molar-refractivity contribution is 6.31. The van der Waals surface area contributed by atoms with E-state index in [1.807, 2.05) is 49.3 Å². The fraction of sp³-hybridized carbons (Fsp3) is 0.150. The molecule has 1 heterocycles. The van der Waals surface area contributed by atoms with Gasteiger partial charge in [0, 0.05) is 36.6 Å². The van der Waals surface area contributed by atoms with Crippen molar-refractivity contribution in [1.29, 1.82) is 0 Å². The Bertz CT molecular complexity index is 894. The summed E-state index contributed by atoms with van der Waals surface area (Å²) in [6.07, 6.45) is 0.716. The maximum absolute atomic E-state index is 12.8. The largest absolute Gasteiger partial charge is 0.416 e. The van der Waals surface area contributed by atoms with Gasteiger partial charge in [-0.1, -0.05) is 30.4 Å². The van der Waals surface area contributed by atoms with Crippen LogP contribution in [-0.2, 0) is 11.0 Å². The lowest BCUT2D eigenvalue weighted by atomic mass is 10.0. The Morgan fingerprint density at radius 3 is 2.35 bits per heavy atom. The van der Waals surface area contributed by atoms with Gasteiger partial charge in [0.2, 0.25) is 0 Å². The molecule has 0 saturated heterocycles. The second kappa shape index (κ2) is 6.71. The van der Waals surface area contributed by atoms with Crippen LogP contribution < -0.4 is 10.2 Å². The highest BCUT2D eigenvalue weighted by Crippen LogP contribution is 2.37. The van der Waals surface area contributed by atoms with E-state index in [1.54, 1.807) is 12.2 Å². The van der Waals surface area contributed by atoms with Crippen LogP contribution >= 0.6 is 0 Å². The number of alkyl halides is 3. The summed E-state index contributed by atoms with van der Waals surface area (Å²) < 4.78 is 38.3. The Balaban J connectivity index is 1.83. The summed E-state index contributed by atoms with van der Waals surface area (Å²) in [7, 11) is 3.91. The first-order valence-electron chi connectivity index (χ1n) is 7.94. The molecule has 0 aromatic heterocycles. The molecule has 3 rings (SSSR count). The van der Waals surface area contributed by atoms with Crippen LogP contribution in [0.5, 0.6) is 0 Å². The van der Waals surface area contributed by atoms with Crippen LogP contribution in [0, 0.1) is 0 Å². The summed E-state index contributed by atoms with van der Waals surface area (Å²) in [6.45, 7) is 0. The number of amides is 1. The number of carbonyl (C=O) groups excluding carboxylic acids is 1. The number of rotatable bonds is 3. The Morgan fingerprint density at radius 2 is 1.73 bits per heavy atom. The second-order valence-electron chi connectivity index (χ2n) is 6.14. The number of carbonyl (C=O) groups is 1. The second-order valence-corrected chi connectivity index (χ2v) is 6.14. The van der Waals surface area contributed by atoms with Gasteiger partial charge >= 0.3 is 6.18 Å². The molecule has 0 bridgehead atoms. The van der Waals surface area contributed by atoms with Crippen LogP contribution in [0.4, 0.5) is 24.5 Å². The van der Waals surface area contributed by atoms with Gasteiger partial charge in [0.05, 0.1) is 5.56 Å². The van der Waals surface area contributed by atoms with E-state index < -0.39 is 17.6 Å². The molecule has 3 nitrogen and oxygen atoms in total. The zero-order valence-corrected chi connectivity index (χ0v) is 14.3. The monoisotopic (exact) mass is 358 g/mol. The Morgan fingerprint density at radius 1 is 1.04 bits per heavy atom. The maximum Gasteiger partial charge on any atom is 0.416 e. The van der Waals surface area contributed by atoms with Gasteiger partial charge in [0.15, 0.2) is 0 Å². The standard InChI is InChI=1S/C20H17F3N2O/c1-25(2)15-9-6-13(7-10-15)4-3-5-17-16-11-8-14(20(21,22)23)12-18(16)24-19(17)26/h3-12H,1-2H3,(H,24,26). The topological polar surface area (TPSA) is 32.3 Å². The molecule has 0 atom stereocenters. The van der Waals surface area contributed by atoms with Crippen molar-refractivity contribution in [2.45, 2.75) is 6.18 Å². The van der Waals surface area contributed by atoms with Crippen molar-refractivity contribution in [1.82, 2.24) is 0 Å². The quantitative estimate of drug-likeness (QED) is 0.798. The number of hydrogen-bond acceptors (Lipinski definition) is 2. The lowest BCUT2D eigenvalue weighted by Crippen LogP contribution is -2.07. The van der Waals surface area contributed by atoms with E-state index in [1.165, 1.54) is 6.07 Å². The summed E-state index contributed by atoms with van der Waals surface area (Å²) in [6, 6.07) is 11.1. The van der Waals surface area contributed by atoms with Crippen LogP contribution in [0.2, 0.25) is 0 Å². The SMILES string of the molecule is CN(C)c1ccc(C=CC=C2C(=O)Nc3cc(C(F)(F)F)ccc32)cc1. The van der Waals surface area contributed by atoms with E-state index in [4.69, 9.17) is 0 Å². The molecule has 2 aromatic carbocycles. The molecule has 1 aliphatic heterocycles. The molecule has 2 aromatic rings. The predicted octanol–water partition coefficient (Wildman–Crippen LogP) is 4.82. The zero-order chi connectivity index (χ0) is 18.9. The maximum atomic E-state index is 12.8. The minimum Gasteiger partial charge on any atom is -0.378 e. The van der Waals surface area contributed by atoms with Crippen LogP contribution in [0.25, 0.3) is 11.6 Å². The normalized spacial score (nSPS) is 15.4. The van der Waals surface area contributed by atoms with E-state index in [9.17, 15) is 18.0 Å². The summed E-state index contributed by atoms with van der Waals surface area (Å²) >= 11 is 0. The lowest BCUT2D eigenvalue weighted by Gasteiger charge is -2.11. The third kappa shape index (κ3) is 3.64. The van der Waals surface area contributed by atoms with Crippen LogP contribution in [0.1, 0.15) is 16.7 Å². The average molecular weight is 358 g/mol. The van der Waals surface area contributed by atoms with Crippen molar-refractivity contribution in [2.75, 3.05) is 24.3 Å². The number of allylic oxidation sites excluding steroid dienone is 2. The van der Waals surface area contributed by atoms with Crippen molar-refractivity contribution < 1.29 is 18.0 Å². The van der Waals surface area contributed by atoms with Gasteiger partial charge in [-0.2, -0.15) is 13.2 Å². The molecule has 0 spiro atoms. The first kappa shape index (κ1) is 17.8. The molecule has 0 saturated carbocycles. The number of nitrogens with zero attached hydrogens (tertiary/aromatic N) is 1. The summed E-state index contributed by atoms with van der Waals surface area (Å²) in [5.41, 5.74) is 2.24. The van der Waals surface area contributed by atoms with E-state index in [-0.39, 0.29) is 5.69 Å².